The highest BCUT2D eigenvalue weighted by molar-refractivity contribution is 5.85. The van der Waals surface area contributed by atoms with Crippen molar-refractivity contribution >= 4 is 5.97 Å². The summed E-state index contributed by atoms with van der Waals surface area (Å²) in [6, 6.07) is 1.54. The molecule has 0 aromatic carbocycles. The summed E-state index contributed by atoms with van der Waals surface area (Å²) in [7, 11) is 0. The molecule has 0 saturated heterocycles. The lowest BCUT2D eigenvalue weighted by atomic mass is 10.0. The first kappa shape index (κ1) is 13.7. The van der Waals surface area contributed by atoms with E-state index in [1.54, 1.807) is 18.5 Å². The van der Waals surface area contributed by atoms with Gasteiger partial charge in [-0.2, -0.15) is 5.10 Å². The molecule has 0 fully saturated rings. The minimum Gasteiger partial charge on any atom is -0.476 e. The number of unbranched alkanes of at least 4 members (excludes halogenated alkanes) is 1. The second-order valence-corrected chi connectivity index (χ2v) is 4.89. The predicted octanol–water partition coefficient (Wildman–Crippen LogP) is 1.69. The first-order valence-corrected chi connectivity index (χ1v) is 5.86. The summed E-state index contributed by atoms with van der Waals surface area (Å²) < 4.78 is 1.69. The third-order valence-corrected chi connectivity index (χ3v) is 2.42. The van der Waals surface area contributed by atoms with E-state index in [0.29, 0.717) is 13.0 Å². The largest absolute Gasteiger partial charge is 0.476 e. The number of aliphatic hydroxyl groups is 1. The molecule has 0 aliphatic rings. The quantitative estimate of drug-likeness (QED) is 0.793. The Morgan fingerprint density at radius 2 is 2.18 bits per heavy atom. The molecule has 96 valence electrons. The molecule has 0 amide bonds. The number of aromatic nitrogens is 2. The molecular formula is C12H20N2O3. The summed E-state index contributed by atoms with van der Waals surface area (Å²) >= 11 is 0. The molecule has 0 unspecified atom stereocenters. The van der Waals surface area contributed by atoms with Crippen LogP contribution in [-0.2, 0) is 13.0 Å². The molecule has 17 heavy (non-hydrogen) atoms. The lowest BCUT2D eigenvalue weighted by molar-refractivity contribution is 0.0688. The fourth-order valence-corrected chi connectivity index (χ4v) is 1.65. The third kappa shape index (κ3) is 4.19. The topological polar surface area (TPSA) is 75.4 Å². The molecule has 1 heterocycles. The number of carbonyl (C=O) groups is 1. The van der Waals surface area contributed by atoms with Crippen LogP contribution < -0.4 is 0 Å². The van der Waals surface area contributed by atoms with Crippen LogP contribution in [-0.4, -0.2) is 31.6 Å². The maximum absolute atomic E-state index is 10.9. The molecule has 2 N–H and O–H groups in total. The van der Waals surface area contributed by atoms with Crippen LogP contribution in [0.3, 0.4) is 0 Å². The number of aryl methyl sites for hydroxylation is 1. The Labute approximate surface area is 101 Å². The molecule has 5 nitrogen and oxygen atoms in total. The second-order valence-electron chi connectivity index (χ2n) is 4.89. The Balaban J connectivity index is 2.95. The van der Waals surface area contributed by atoms with Gasteiger partial charge in [-0.1, -0.05) is 13.3 Å². The van der Waals surface area contributed by atoms with Crippen LogP contribution in [0.4, 0.5) is 0 Å². The van der Waals surface area contributed by atoms with Crippen LogP contribution in [0.2, 0.25) is 0 Å². The van der Waals surface area contributed by atoms with E-state index < -0.39 is 11.6 Å². The van der Waals surface area contributed by atoms with Crippen molar-refractivity contribution in [1.82, 2.24) is 9.78 Å². The minimum absolute atomic E-state index is 0.0420. The van der Waals surface area contributed by atoms with Gasteiger partial charge in [0.1, 0.15) is 0 Å². The lowest BCUT2D eigenvalue weighted by Gasteiger charge is -2.17. The number of nitrogens with zero attached hydrogens (tertiary/aromatic N) is 2. The van der Waals surface area contributed by atoms with E-state index in [1.165, 1.54) is 6.07 Å². The molecular weight excluding hydrogens is 220 g/mol. The number of aromatic carboxylic acids is 1. The van der Waals surface area contributed by atoms with Crippen molar-refractivity contribution in [2.75, 3.05) is 0 Å². The van der Waals surface area contributed by atoms with Crippen LogP contribution in [0, 0.1) is 0 Å². The van der Waals surface area contributed by atoms with Gasteiger partial charge in [0.25, 0.3) is 0 Å². The molecule has 1 aromatic rings. The summed E-state index contributed by atoms with van der Waals surface area (Å²) in [6.07, 6.45) is 2.36. The standard InChI is InChI=1S/C12H20N2O3/c1-4-5-6-14-9(8-12(2,3)17)7-10(13-14)11(15)16/h7,17H,4-6,8H2,1-3H3,(H,15,16). The molecule has 0 bridgehead atoms. The number of hydrogen-bond donors (Lipinski definition) is 2. The second kappa shape index (κ2) is 5.31. The number of carboxylic acid groups (broad SMARTS) is 1. The molecule has 0 atom stereocenters. The van der Waals surface area contributed by atoms with Gasteiger partial charge in [0.05, 0.1) is 5.60 Å². The van der Waals surface area contributed by atoms with Gasteiger partial charge in [0, 0.05) is 18.7 Å². The molecule has 0 aliphatic carbocycles. The summed E-state index contributed by atoms with van der Waals surface area (Å²) in [5.41, 5.74) is -0.0524. The van der Waals surface area contributed by atoms with Crippen LogP contribution in [0.5, 0.6) is 0 Å². The normalized spacial score (nSPS) is 11.8. The van der Waals surface area contributed by atoms with E-state index in [-0.39, 0.29) is 5.69 Å². The van der Waals surface area contributed by atoms with Gasteiger partial charge in [-0.05, 0) is 26.3 Å². The predicted molar refractivity (Wildman–Crippen MR) is 64.1 cm³/mol. The Hall–Kier alpha value is -1.36. The summed E-state index contributed by atoms with van der Waals surface area (Å²) in [6.45, 7) is 6.15. The van der Waals surface area contributed by atoms with Gasteiger partial charge in [0.2, 0.25) is 0 Å². The van der Waals surface area contributed by atoms with Crippen LogP contribution in [0.25, 0.3) is 0 Å². The molecule has 0 saturated carbocycles. The zero-order chi connectivity index (χ0) is 13.1. The summed E-state index contributed by atoms with van der Waals surface area (Å²) in [4.78, 5) is 10.9. The lowest BCUT2D eigenvalue weighted by Crippen LogP contribution is -2.24. The fourth-order valence-electron chi connectivity index (χ4n) is 1.65. The molecule has 1 rings (SSSR count). The van der Waals surface area contributed by atoms with Crippen LogP contribution >= 0.6 is 0 Å². The van der Waals surface area contributed by atoms with Crippen molar-refractivity contribution in [3.05, 3.63) is 17.5 Å². The molecule has 0 radical (unpaired) electrons. The zero-order valence-electron chi connectivity index (χ0n) is 10.6. The molecule has 0 spiro atoms. The first-order chi connectivity index (χ1) is 7.83. The molecule has 5 heteroatoms. The Morgan fingerprint density at radius 1 is 1.53 bits per heavy atom. The Bertz CT molecular complexity index is 391. The first-order valence-electron chi connectivity index (χ1n) is 5.86. The van der Waals surface area contributed by atoms with Crippen molar-refractivity contribution in [2.24, 2.45) is 0 Å². The van der Waals surface area contributed by atoms with Gasteiger partial charge in [0.15, 0.2) is 5.69 Å². The van der Waals surface area contributed by atoms with Crippen molar-refractivity contribution in [1.29, 1.82) is 0 Å². The third-order valence-electron chi connectivity index (χ3n) is 2.42. The van der Waals surface area contributed by atoms with E-state index >= 15 is 0 Å². The van der Waals surface area contributed by atoms with Gasteiger partial charge >= 0.3 is 5.97 Å². The van der Waals surface area contributed by atoms with Gasteiger partial charge in [-0.15, -0.1) is 0 Å². The highest BCUT2D eigenvalue weighted by atomic mass is 16.4. The van der Waals surface area contributed by atoms with E-state index in [1.807, 2.05) is 0 Å². The van der Waals surface area contributed by atoms with Crippen molar-refractivity contribution < 1.29 is 15.0 Å². The fraction of sp³-hybridized carbons (Fsp3) is 0.667. The van der Waals surface area contributed by atoms with Crippen LogP contribution in [0.1, 0.15) is 49.8 Å². The maximum Gasteiger partial charge on any atom is 0.356 e. The van der Waals surface area contributed by atoms with Gasteiger partial charge in [-0.25, -0.2) is 4.79 Å². The van der Waals surface area contributed by atoms with Crippen molar-refractivity contribution in [3.63, 3.8) is 0 Å². The number of carboxylic acids is 1. The van der Waals surface area contributed by atoms with Crippen molar-refractivity contribution in [2.45, 2.75) is 52.2 Å². The maximum atomic E-state index is 10.9. The Kier molecular flexibility index (Phi) is 4.28. The Morgan fingerprint density at radius 3 is 2.65 bits per heavy atom. The average molecular weight is 240 g/mol. The van der Waals surface area contributed by atoms with E-state index in [2.05, 4.69) is 12.0 Å². The number of hydrogen-bond acceptors (Lipinski definition) is 3. The van der Waals surface area contributed by atoms with E-state index in [0.717, 1.165) is 18.5 Å². The summed E-state index contributed by atoms with van der Waals surface area (Å²) in [5, 5.41) is 22.7. The van der Waals surface area contributed by atoms with Gasteiger partial charge in [-0.3, -0.25) is 4.68 Å². The minimum atomic E-state index is -1.03. The smallest absolute Gasteiger partial charge is 0.356 e. The highest BCUT2D eigenvalue weighted by Gasteiger charge is 2.19. The van der Waals surface area contributed by atoms with E-state index in [9.17, 15) is 9.90 Å². The molecule has 1 aromatic heterocycles. The average Bonchev–Trinajstić information content (AvgIpc) is 2.55. The SMILES string of the molecule is CCCCn1nc(C(=O)O)cc1CC(C)(C)O. The van der Waals surface area contributed by atoms with Crippen molar-refractivity contribution in [3.8, 4) is 0 Å². The monoisotopic (exact) mass is 240 g/mol. The van der Waals surface area contributed by atoms with E-state index in [4.69, 9.17) is 5.11 Å². The summed E-state index contributed by atoms with van der Waals surface area (Å²) in [5.74, 6) is -1.03. The highest BCUT2D eigenvalue weighted by Crippen LogP contribution is 2.14. The molecule has 0 aliphatic heterocycles. The zero-order valence-corrected chi connectivity index (χ0v) is 10.6. The van der Waals surface area contributed by atoms with Gasteiger partial charge < -0.3 is 10.2 Å². The van der Waals surface area contributed by atoms with Crippen LogP contribution in [0.15, 0.2) is 6.07 Å². The number of rotatable bonds is 6.